The molecule has 2 rings (SSSR count). The number of aromatic nitrogens is 4. The summed E-state index contributed by atoms with van der Waals surface area (Å²) in [5.74, 6) is -0.130. The molecule has 1 unspecified atom stereocenters. The van der Waals surface area contributed by atoms with Crippen LogP contribution in [0, 0.1) is 6.92 Å². The number of carbonyl (C=O) groups excluding carboxylic acids is 1. The molecule has 0 saturated carbocycles. The van der Waals surface area contributed by atoms with Crippen LogP contribution < -0.4 is 5.32 Å². The number of amides is 1. The number of nitrogens with zero attached hydrogens (tertiary/aromatic N) is 4. The molecule has 0 aliphatic carbocycles. The molecule has 21 heavy (non-hydrogen) atoms. The first kappa shape index (κ1) is 15.6. The fourth-order valence-electron chi connectivity index (χ4n) is 1.91. The lowest BCUT2D eigenvalue weighted by atomic mass is 10.2. The van der Waals surface area contributed by atoms with Gasteiger partial charge in [-0.3, -0.25) is 14.8 Å². The van der Waals surface area contributed by atoms with E-state index in [1.165, 1.54) is 24.2 Å². The maximum Gasteiger partial charge on any atom is 0.250 e. The molecule has 2 aromatic heterocycles. The van der Waals surface area contributed by atoms with Crippen molar-refractivity contribution in [3.05, 3.63) is 23.0 Å². The Kier molecular flexibility index (Phi) is 5.44. The molecule has 0 aliphatic heterocycles. The quantitative estimate of drug-likeness (QED) is 0.798. The normalized spacial score (nSPS) is 12.3. The van der Waals surface area contributed by atoms with Gasteiger partial charge in [-0.2, -0.15) is 5.10 Å². The third kappa shape index (κ3) is 4.35. The molecular formula is C14H21N5OS. The van der Waals surface area contributed by atoms with Crippen molar-refractivity contribution in [1.82, 2.24) is 20.0 Å². The van der Waals surface area contributed by atoms with E-state index in [1.54, 1.807) is 10.9 Å². The van der Waals surface area contributed by atoms with E-state index in [1.807, 2.05) is 20.0 Å². The average Bonchev–Trinajstić information content (AvgIpc) is 3.07. The summed E-state index contributed by atoms with van der Waals surface area (Å²) in [6, 6.07) is -0.369. The number of hydrogen-bond donors (Lipinski definition) is 1. The zero-order valence-corrected chi connectivity index (χ0v) is 13.5. The van der Waals surface area contributed by atoms with E-state index in [0.29, 0.717) is 5.13 Å². The maximum atomic E-state index is 12.2. The van der Waals surface area contributed by atoms with E-state index in [2.05, 4.69) is 27.5 Å². The molecule has 0 radical (unpaired) electrons. The van der Waals surface area contributed by atoms with Crippen LogP contribution in [0.3, 0.4) is 0 Å². The van der Waals surface area contributed by atoms with Gasteiger partial charge < -0.3 is 0 Å². The van der Waals surface area contributed by atoms with E-state index in [4.69, 9.17) is 0 Å². The second-order valence-corrected chi connectivity index (χ2v) is 6.18. The van der Waals surface area contributed by atoms with Crippen molar-refractivity contribution in [3.63, 3.8) is 0 Å². The van der Waals surface area contributed by atoms with Crippen LogP contribution in [0.15, 0.2) is 12.4 Å². The molecule has 2 heterocycles. The van der Waals surface area contributed by atoms with Crippen LogP contribution >= 0.6 is 11.3 Å². The summed E-state index contributed by atoms with van der Waals surface area (Å²) in [5.41, 5.74) is 1.03. The van der Waals surface area contributed by atoms with Crippen LogP contribution in [-0.4, -0.2) is 25.9 Å². The second-order valence-electron chi connectivity index (χ2n) is 5.12. The molecular weight excluding hydrogens is 286 g/mol. The topological polar surface area (TPSA) is 72.7 Å². The largest absolute Gasteiger partial charge is 0.299 e. The van der Waals surface area contributed by atoms with Crippen LogP contribution in [0.1, 0.15) is 49.7 Å². The summed E-state index contributed by atoms with van der Waals surface area (Å²) in [6.07, 6.45) is 8.00. The van der Waals surface area contributed by atoms with Gasteiger partial charge in [-0.1, -0.05) is 31.1 Å². The van der Waals surface area contributed by atoms with Crippen molar-refractivity contribution >= 4 is 22.4 Å². The van der Waals surface area contributed by atoms with Crippen LogP contribution in [0.25, 0.3) is 0 Å². The summed E-state index contributed by atoms with van der Waals surface area (Å²) >= 11 is 1.45. The van der Waals surface area contributed by atoms with Crippen LogP contribution in [0.2, 0.25) is 0 Å². The summed E-state index contributed by atoms with van der Waals surface area (Å²) < 4.78 is 1.65. The monoisotopic (exact) mass is 307 g/mol. The fourth-order valence-corrected chi connectivity index (χ4v) is 2.69. The van der Waals surface area contributed by atoms with Gasteiger partial charge in [-0.05, 0) is 25.8 Å². The lowest BCUT2D eigenvalue weighted by Crippen LogP contribution is -2.23. The summed E-state index contributed by atoms with van der Waals surface area (Å²) in [5, 5.41) is 16.6. The van der Waals surface area contributed by atoms with Crippen LogP contribution in [0.5, 0.6) is 0 Å². The second kappa shape index (κ2) is 7.31. The number of aryl methyl sites for hydroxylation is 2. The number of hydrogen-bond acceptors (Lipinski definition) is 5. The number of unbranched alkanes of at least 4 members (excludes halogenated alkanes) is 2. The number of rotatable bonds is 7. The number of anilines is 1. The number of carbonyl (C=O) groups is 1. The third-order valence-electron chi connectivity index (χ3n) is 3.20. The van der Waals surface area contributed by atoms with E-state index in [9.17, 15) is 4.79 Å². The first-order valence-electron chi connectivity index (χ1n) is 7.24. The Hall–Kier alpha value is -1.76. The molecule has 0 fully saturated rings. The molecule has 6 nitrogen and oxygen atoms in total. The van der Waals surface area contributed by atoms with E-state index in [-0.39, 0.29) is 11.9 Å². The Labute approximate surface area is 128 Å². The molecule has 2 aromatic rings. The Morgan fingerprint density at radius 1 is 1.43 bits per heavy atom. The Morgan fingerprint density at radius 2 is 2.24 bits per heavy atom. The Morgan fingerprint density at radius 3 is 2.90 bits per heavy atom. The third-order valence-corrected chi connectivity index (χ3v) is 4.10. The smallest absolute Gasteiger partial charge is 0.250 e. The zero-order chi connectivity index (χ0) is 15.2. The molecule has 0 aliphatic rings. The SMILES string of the molecule is CCCCCc1nnc(NC(=O)C(C)n2cc(C)cn2)s1. The molecule has 7 heteroatoms. The molecule has 0 spiro atoms. The van der Waals surface area contributed by atoms with Crippen molar-refractivity contribution in [2.45, 2.75) is 52.5 Å². The predicted molar refractivity (Wildman–Crippen MR) is 83.4 cm³/mol. The summed E-state index contributed by atoms with van der Waals surface area (Å²) in [4.78, 5) is 12.2. The van der Waals surface area contributed by atoms with E-state index >= 15 is 0 Å². The van der Waals surface area contributed by atoms with Gasteiger partial charge in [-0.15, -0.1) is 10.2 Å². The highest BCUT2D eigenvalue weighted by Crippen LogP contribution is 2.19. The molecule has 114 valence electrons. The van der Waals surface area contributed by atoms with Crippen LogP contribution in [-0.2, 0) is 11.2 Å². The minimum absolute atomic E-state index is 0.130. The van der Waals surface area contributed by atoms with E-state index < -0.39 is 0 Å². The van der Waals surface area contributed by atoms with Gasteiger partial charge >= 0.3 is 0 Å². The molecule has 1 amide bonds. The molecule has 0 saturated heterocycles. The summed E-state index contributed by atoms with van der Waals surface area (Å²) in [7, 11) is 0. The standard InChI is InChI=1S/C14H21N5OS/c1-4-5-6-7-12-17-18-14(21-12)16-13(20)11(3)19-9-10(2)8-15-19/h8-9,11H,4-7H2,1-3H3,(H,16,18,20). The van der Waals surface area contributed by atoms with Gasteiger partial charge in [0.15, 0.2) is 0 Å². The highest BCUT2D eigenvalue weighted by molar-refractivity contribution is 7.15. The highest BCUT2D eigenvalue weighted by atomic mass is 32.1. The molecule has 0 bridgehead atoms. The van der Waals surface area contributed by atoms with Gasteiger partial charge in [0.25, 0.3) is 5.91 Å². The van der Waals surface area contributed by atoms with Crippen molar-refractivity contribution in [1.29, 1.82) is 0 Å². The predicted octanol–water partition coefficient (Wildman–Crippen LogP) is 2.98. The summed E-state index contributed by atoms with van der Waals surface area (Å²) in [6.45, 7) is 5.93. The minimum Gasteiger partial charge on any atom is -0.299 e. The van der Waals surface area contributed by atoms with Gasteiger partial charge in [0.05, 0.1) is 6.20 Å². The fraction of sp³-hybridized carbons (Fsp3) is 0.571. The van der Waals surface area contributed by atoms with Crippen molar-refractivity contribution in [2.75, 3.05) is 5.32 Å². The van der Waals surface area contributed by atoms with Gasteiger partial charge in [0, 0.05) is 12.6 Å². The molecule has 1 atom stereocenters. The molecule has 0 aromatic carbocycles. The van der Waals surface area contributed by atoms with Crippen molar-refractivity contribution < 1.29 is 4.79 Å². The van der Waals surface area contributed by atoms with Crippen molar-refractivity contribution in [3.8, 4) is 0 Å². The Balaban J connectivity index is 1.90. The van der Waals surface area contributed by atoms with Gasteiger partial charge in [0.2, 0.25) is 5.13 Å². The highest BCUT2D eigenvalue weighted by Gasteiger charge is 2.17. The lowest BCUT2D eigenvalue weighted by Gasteiger charge is -2.10. The molecule has 1 N–H and O–H groups in total. The Bertz CT molecular complexity index is 592. The minimum atomic E-state index is -0.369. The first-order chi connectivity index (χ1) is 10.1. The van der Waals surface area contributed by atoms with E-state index in [0.717, 1.165) is 23.4 Å². The van der Waals surface area contributed by atoms with Gasteiger partial charge in [-0.25, -0.2) is 0 Å². The zero-order valence-electron chi connectivity index (χ0n) is 12.7. The first-order valence-corrected chi connectivity index (χ1v) is 8.05. The number of nitrogens with one attached hydrogen (secondary N) is 1. The average molecular weight is 307 g/mol. The maximum absolute atomic E-state index is 12.2. The lowest BCUT2D eigenvalue weighted by molar-refractivity contribution is -0.119. The van der Waals surface area contributed by atoms with Crippen LogP contribution in [0.4, 0.5) is 5.13 Å². The van der Waals surface area contributed by atoms with Gasteiger partial charge in [0.1, 0.15) is 11.0 Å². The van der Waals surface area contributed by atoms with Crippen molar-refractivity contribution in [2.24, 2.45) is 0 Å².